The van der Waals surface area contributed by atoms with Crippen molar-refractivity contribution in [2.24, 2.45) is 5.92 Å². The van der Waals surface area contributed by atoms with Crippen LogP contribution in [0.4, 0.5) is 5.69 Å². The second-order valence-corrected chi connectivity index (χ2v) is 7.76. The molecule has 0 aromatic heterocycles. The topological polar surface area (TPSA) is 69.6 Å². The summed E-state index contributed by atoms with van der Waals surface area (Å²) in [6.07, 6.45) is 0.506. The fourth-order valence-electron chi connectivity index (χ4n) is 2.58. The second-order valence-electron chi connectivity index (χ2n) is 6.05. The molecular formula is C15H24N2O3S. The summed E-state index contributed by atoms with van der Waals surface area (Å²) < 4.78 is 26.7. The average molecular weight is 312 g/mol. The maximum absolute atomic E-state index is 12.1. The maximum atomic E-state index is 12.1. The van der Waals surface area contributed by atoms with Gasteiger partial charge in [-0.25, -0.2) is 13.1 Å². The van der Waals surface area contributed by atoms with Crippen molar-refractivity contribution in [1.29, 1.82) is 0 Å². The Labute approximate surface area is 127 Å². The van der Waals surface area contributed by atoms with Crippen LogP contribution in [0.2, 0.25) is 0 Å². The summed E-state index contributed by atoms with van der Waals surface area (Å²) in [6.45, 7) is 7.21. The molecule has 0 amide bonds. The zero-order valence-electron chi connectivity index (χ0n) is 12.8. The molecule has 1 saturated heterocycles. The van der Waals surface area contributed by atoms with Gasteiger partial charge in [0.05, 0.1) is 11.0 Å². The molecule has 0 saturated carbocycles. The van der Waals surface area contributed by atoms with Crippen LogP contribution in [-0.4, -0.2) is 38.8 Å². The molecule has 1 aliphatic rings. The van der Waals surface area contributed by atoms with Crippen molar-refractivity contribution in [1.82, 2.24) is 4.72 Å². The van der Waals surface area contributed by atoms with E-state index in [1.807, 2.05) is 19.1 Å². The number of hydrogen-bond donors (Lipinski definition) is 2. The molecule has 1 fully saturated rings. The van der Waals surface area contributed by atoms with Crippen molar-refractivity contribution in [3.05, 3.63) is 24.3 Å². The van der Waals surface area contributed by atoms with Crippen LogP contribution in [0.1, 0.15) is 27.2 Å². The lowest BCUT2D eigenvalue weighted by atomic mass is 9.96. The molecule has 2 atom stereocenters. The van der Waals surface area contributed by atoms with Gasteiger partial charge in [0.25, 0.3) is 0 Å². The molecule has 0 bridgehead atoms. The minimum Gasteiger partial charge on any atom is -0.393 e. The van der Waals surface area contributed by atoms with Crippen LogP contribution in [0, 0.1) is 5.92 Å². The van der Waals surface area contributed by atoms with Gasteiger partial charge in [-0.1, -0.05) is 6.92 Å². The molecule has 1 heterocycles. The molecule has 118 valence electrons. The summed E-state index contributed by atoms with van der Waals surface area (Å²) in [4.78, 5) is 2.47. The van der Waals surface area contributed by atoms with Gasteiger partial charge in [-0.2, -0.15) is 0 Å². The first-order valence-electron chi connectivity index (χ1n) is 7.35. The zero-order chi connectivity index (χ0) is 15.6. The van der Waals surface area contributed by atoms with E-state index < -0.39 is 10.0 Å². The highest BCUT2D eigenvalue weighted by Gasteiger charge is 2.24. The number of nitrogens with zero attached hydrogens (tertiary/aromatic N) is 1. The third kappa shape index (κ3) is 3.96. The maximum Gasteiger partial charge on any atom is 0.240 e. The summed E-state index contributed by atoms with van der Waals surface area (Å²) in [6, 6.07) is 6.81. The predicted molar refractivity (Wildman–Crippen MR) is 83.9 cm³/mol. The Morgan fingerprint density at radius 1 is 1.29 bits per heavy atom. The van der Waals surface area contributed by atoms with Crippen LogP contribution in [-0.2, 0) is 10.0 Å². The summed E-state index contributed by atoms with van der Waals surface area (Å²) in [5, 5.41) is 9.76. The molecule has 6 heteroatoms. The fraction of sp³-hybridized carbons (Fsp3) is 0.600. The Hall–Kier alpha value is -1.11. The van der Waals surface area contributed by atoms with E-state index >= 15 is 0 Å². The highest BCUT2D eigenvalue weighted by Crippen LogP contribution is 2.24. The van der Waals surface area contributed by atoms with Crippen molar-refractivity contribution in [2.75, 3.05) is 18.0 Å². The van der Waals surface area contributed by atoms with Crippen LogP contribution in [0.25, 0.3) is 0 Å². The van der Waals surface area contributed by atoms with Crippen molar-refractivity contribution >= 4 is 15.7 Å². The Bertz CT molecular complexity index is 569. The van der Waals surface area contributed by atoms with Crippen LogP contribution >= 0.6 is 0 Å². The molecule has 0 aliphatic carbocycles. The van der Waals surface area contributed by atoms with Crippen LogP contribution in [0.15, 0.2) is 29.2 Å². The second kappa shape index (κ2) is 6.34. The molecule has 1 aromatic carbocycles. The largest absolute Gasteiger partial charge is 0.393 e. The fourth-order valence-corrected chi connectivity index (χ4v) is 3.83. The van der Waals surface area contributed by atoms with Crippen LogP contribution < -0.4 is 9.62 Å². The molecule has 1 aromatic rings. The summed E-state index contributed by atoms with van der Waals surface area (Å²) in [5.41, 5.74) is 0.997. The number of rotatable bonds is 4. The van der Waals surface area contributed by atoms with Crippen LogP contribution in [0.3, 0.4) is 0 Å². The minimum absolute atomic E-state index is 0.126. The molecule has 2 unspecified atom stereocenters. The van der Waals surface area contributed by atoms with E-state index in [0.717, 1.165) is 25.2 Å². The lowest BCUT2D eigenvalue weighted by Crippen LogP contribution is -2.41. The van der Waals surface area contributed by atoms with E-state index in [-0.39, 0.29) is 23.0 Å². The first kappa shape index (κ1) is 16.3. The van der Waals surface area contributed by atoms with Gasteiger partial charge in [-0.3, -0.25) is 0 Å². The monoisotopic (exact) mass is 312 g/mol. The predicted octanol–water partition coefficient (Wildman–Crippen LogP) is 1.58. The SMILES string of the molecule is CC(C)NS(=O)(=O)c1ccc(N2CCC(O)C(C)C2)cc1. The quantitative estimate of drug-likeness (QED) is 0.885. The van der Waals surface area contributed by atoms with Gasteiger partial charge in [0.1, 0.15) is 0 Å². The molecular weight excluding hydrogens is 288 g/mol. The number of piperidine rings is 1. The van der Waals surface area contributed by atoms with Crippen molar-refractivity contribution in [2.45, 2.75) is 44.2 Å². The van der Waals surface area contributed by atoms with E-state index in [1.165, 1.54) is 0 Å². The summed E-state index contributed by atoms with van der Waals surface area (Å²) >= 11 is 0. The molecule has 5 nitrogen and oxygen atoms in total. The number of aliphatic hydroxyl groups excluding tert-OH is 1. The summed E-state index contributed by atoms with van der Waals surface area (Å²) in [7, 11) is -3.44. The lowest BCUT2D eigenvalue weighted by Gasteiger charge is -2.36. The number of aliphatic hydroxyl groups is 1. The number of nitrogens with one attached hydrogen (secondary N) is 1. The van der Waals surface area contributed by atoms with E-state index in [0.29, 0.717) is 0 Å². The van der Waals surface area contributed by atoms with E-state index in [9.17, 15) is 13.5 Å². The van der Waals surface area contributed by atoms with Crippen molar-refractivity contribution in [3.8, 4) is 0 Å². The molecule has 0 radical (unpaired) electrons. The smallest absolute Gasteiger partial charge is 0.240 e. The molecule has 2 rings (SSSR count). The Kier molecular flexibility index (Phi) is 4.91. The minimum atomic E-state index is -3.44. The Morgan fingerprint density at radius 2 is 1.90 bits per heavy atom. The van der Waals surface area contributed by atoms with Gasteiger partial charge in [0, 0.05) is 24.8 Å². The highest BCUT2D eigenvalue weighted by atomic mass is 32.2. The van der Waals surface area contributed by atoms with E-state index in [1.54, 1.807) is 26.0 Å². The van der Waals surface area contributed by atoms with Gasteiger partial charge in [-0.15, -0.1) is 0 Å². The van der Waals surface area contributed by atoms with Gasteiger partial charge in [0.15, 0.2) is 0 Å². The van der Waals surface area contributed by atoms with E-state index in [2.05, 4.69) is 9.62 Å². The average Bonchev–Trinajstić information content (AvgIpc) is 2.41. The Balaban J connectivity index is 2.12. The summed E-state index contributed by atoms with van der Waals surface area (Å²) in [5.74, 6) is 0.227. The number of sulfonamides is 1. The van der Waals surface area contributed by atoms with Crippen molar-refractivity contribution < 1.29 is 13.5 Å². The standard InChI is InChI=1S/C15H24N2O3S/c1-11(2)16-21(19,20)14-6-4-13(5-7-14)17-9-8-15(18)12(3)10-17/h4-7,11-12,15-16,18H,8-10H2,1-3H3. The van der Waals surface area contributed by atoms with E-state index in [4.69, 9.17) is 0 Å². The van der Waals surface area contributed by atoms with Crippen LogP contribution in [0.5, 0.6) is 0 Å². The molecule has 2 N–H and O–H groups in total. The molecule has 1 aliphatic heterocycles. The molecule has 0 spiro atoms. The van der Waals surface area contributed by atoms with Gasteiger partial charge >= 0.3 is 0 Å². The number of benzene rings is 1. The third-order valence-corrected chi connectivity index (χ3v) is 5.44. The molecule has 21 heavy (non-hydrogen) atoms. The Morgan fingerprint density at radius 3 is 2.43 bits per heavy atom. The van der Waals surface area contributed by atoms with Crippen molar-refractivity contribution in [3.63, 3.8) is 0 Å². The van der Waals surface area contributed by atoms with Gasteiger partial charge in [-0.05, 0) is 50.5 Å². The van der Waals surface area contributed by atoms with Gasteiger partial charge < -0.3 is 10.0 Å². The third-order valence-electron chi connectivity index (χ3n) is 3.76. The lowest BCUT2D eigenvalue weighted by molar-refractivity contribution is 0.0971. The van der Waals surface area contributed by atoms with Gasteiger partial charge in [0.2, 0.25) is 10.0 Å². The first-order valence-corrected chi connectivity index (χ1v) is 8.83. The number of hydrogen-bond acceptors (Lipinski definition) is 4. The number of anilines is 1. The zero-order valence-corrected chi connectivity index (χ0v) is 13.6. The first-order chi connectivity index (χ1) is 9.79. The highest BCUT2D eigenvalue weighted by molar-refractivity contribution is 7.89. The normalized spacial score (nSPS) is 23.6.